The van der Waals surface area contributed by atoms with E-state index in [1.54, 1.807) is 59.2 Å². The molecule has 0 aliphatic rings. The molecule has 1 atom stereocenters. The highest BCUT2D eigenvalue weighted by molar-refractivity contribution is 6.31. The molecule has 41 heavy (non-hydrogen) atoms. The van der Waals surface area contributed by atoms with Crippen LogP contribution < -0.4 is 10.2 Å². The fourth-order valence-corrected chi connectivity index (χ4v) is 4.70. The fraction of sp³-hybridized carbons (Fsp3) is 0.179. The largest absolute Gasteiger partial charge is 0.363 e. The van der Waals surface area contributed by atoms with Gasteiger partial charge in [0.25, 0.3) is 0 Å². The summed E-state index contributed by atoms with van der Waals surface area (Å²) in [6, 6.07) is 18.8. The number of anilines is 2. The minimum Gasteiger partial charge on any atom is -0.363 e. The summed E-state index contributed by atoms with van der Waals surface area (Å²) in [5.41, 5.74) is 3.37. The minimum atomic E-state index is -0.969. The zero-order chi connectivity index (χ0) is 28.8. The van der Waals surface area contributed by atoms with Gasteiger partial charge in [0.15, 0.2) is 0 Å². The van der Waals surface area contributed by atoms with Crippen LogP contribution in [0.2, 0.25) is 5.02 Å². The Morgan fingerprint density at radius 3 is 2.68 bits per heavy atom. The predicted octanol–water partition coefficient (Wildman–Crippen LogP) is 2.68. The van der Waals surface area contributed by atoms with Gasteiger partial charge in [0, 0.05) is 36.6 Å². The van der Waals surface area contributed by atoms with Crippen molar-refractivity contribution in [3.05, 3.63) is 96.0 Å². The molecule has 1 N–H and O–H groups in total. The van der Waals surface area contributed by atoms with Gasteiger partial charge in [-0.15, -0.1) is 5.10 Å². The Morgan fingerprint density at radius 2 is 1.93 bits per heavy atom. The topological polar surface area (TPSA) is 131 Å². The monoisotopic (exact) mass is 571 g/mol. The molecule has 208 valence electrons. The van der Waals surface area contributed by atoms with Gasteiger partial charge in [-0.2, -0.15) is 9.78 Å². The van der Waals surface area contributed by atoms with Crippen LogP contribution in [-0.4, -0.2) is 79.0 Å². The number of hydrogen-bond donors (Lipinski definition) is 1. The number of halogens is 1. The Morgan fingerprint density at radius 1 is 1.10 bits per heavy atom. The van der Waals surface area contributed by atoms with Crippen LogP contribution in [0.1, 0.15) is 5.56 Å². The second-order valence-electron chi connectivity index (χ2n) is 9.27. The van der Waals surface area contributed by atoms with Crippen LogP contribution in [-0.2, 0) is 20.8 Å². The summed E-state index contributed by atoms with van der Waals surface area (Å²) >= 11 is 6.27. The normalized spacial score (nSPS) is 11.7. The van der Waals surface area contributed by atoms with Crippen LogP contribution in [0.15, 0.2) is 85.5 Å². The summed E-state index contributed by atoms with van der Waals surface area (Å²) in [7, 11) is 1.71. The second kappa shape index (κ2) is 12.4. The average molecular weight is 572 g/mol. The Hall–Kier alpha value is -5.10. The van der Waals surface area contributed by atoms with E-state index in [4.69, 9.17) is 11.6 Å². The van der Waals surface area contributed by atoms with E-state index in [9.17, 15) is 14.4 Å². The van der Waals surface area contributed by atoms with E-state index in [2.05, 4.69) is 25.9 Å². The molecule has 0 bridgehead atoms. The van der Waals surface area contributed by atoms with Crippen molar-refractivity contribution in [2.75, 3.05) is 30.4 Å². The van der Waals surface area contributed by atoms with Gasteiger partial charge < -0.3 is 19.9 Å². The zero-order valence-electron chi connectivity index (χ0n) is 22.0. The fourth-order valence-electron chi connectivity index (χ4n) is 4.54. The highest BCUT2D eigenvalue weighted by Gasteiger charge is 2.31. The van der Waals surface area contributed by atoms with E-state index in [-0.39, 0.29) is 19.5 Å². The van der Waals surface area contributed by atoms with Crippen LogP contribution >= 0.6 is 11.6 Å². The zero-order valence-corrected chi connectivity index (χ0v) is 22.8. The van der Waals surface area contributed by atoms with Gasteiger partial charge in [0.1, 0.15) is 18.7 Å². The van der Waals surface area contributed by atoms with Crippen LogP contribution in [0.4, 0.5) is 11.4 Å². The number of hydrogen-bond acceptors (Lipinski definition) is 8. The maximum Gasteiger partial charge on any atom is 0.247 e. The van der Waals surface area contributed by atoms with Gasteiger partial charge in [-0.05, 0) is 52.4 Å². The molecule has 1 unspecified atom stereocenters. The van der Waals surface area contributed by atoms with Gasteiger partial charge in [-0.3, -0.25) is 9.59 Å². The van der Waals surface area contributed by atoms with Crippen molar-refractivity contribution in [1.29, 1.82) is 0 Å². The molecular weight excluding hydrogens is 546 g/mol. The van der Waals surface area contributed by atoms with Crippen molar-refractivity contribution in [2.24, 2.45) is 0 Å². The average Bonchev–Trinajstić information content (AvgIpc) is 3.68. The lowest BCUT2D eigenvalue weighted by Crippen LogP contribution is -2.52. The third-order valence-electron chi connectivity index (χ3n) is 6.53. The molecule has 3 heterocycles. The Kier molecular flexibility index (Phi) is 8.30. The lowest BCUT2D eigenvalue weighted by molar-refractivity contribution is -0.138. The first-order valence-electron chi connectivity index (χ1n) is 12.7. The third-order valence-corrected chi connectivity index (χ3v) is 6.76. The lowest BCUT2D eigenvalue weighted by Gasteiger charge is -2.32. The number of tetrazole rings is 1. The summed E-state index contributed by atoms with van der Waals surface area (Å²) in [5, 5.41) is 18.8. The summed E-state index contributed by atoms with van der Waals surface area (Å²) in [6.45, 7) is -0.418. The van der Waals surface area contributed by atoms with E-state index in [1.165, 1.54) is 15.9 Å². The molecule has 0 spiro atoms. The molecule has 13 heteroatoms. The highest BCUT2D eigenvalue weighted by Crippen LogP contribution is 2.27. The SMILES string of the molecule is CN(CC(=O)N(CC=O)C(Cc1ccccc1)C(=O)Nc1ccn2nccc2c1)c1cc(Cl)ccc1-n1cnnn1. The van der Waals surface area contributed by atoms with Crippen LogP contribution in [0, 0.1) is 0 Å². The molecular formula is C28H26ClN9O3. The number of likely N-dealkylation sites (N-methyl/N-ethyl adjacent to an activating group) is 1. The molecule has 5 aromatic rings. The van der Waals surface area contributed by atoms with E-state index in [0.717, 1.165) is 11.1 Å². The third kappa shape index (κ3) is 6.39. The Balaban J connectivity index is 1.42. The van der Waals surface area contributed by atoms with E-state index >= 15 is 0 Å². The summed E-state index contributed by atoms with van der Waals surface area (Å²) in [4.78, 5) is 42.3. The van der Waals surface area contributed by atoms with Crippen molar-refractivity contribution < 1.29 is 14.4 Å². The molecule has 0 radical (unpaired) electrons. The van der Waals surface area contributed by atoms with Crippen molar-refractivity contribution in [2.45, 2.75) is 12.5 Å². The maximum absolute atomic E-state index is 13.8. The first-order chi connectivity index (χ1) is 19.9. The van der Waals surface area contributed by atoms with Crippen LogP contribution in [0.25, 0.3) is 11.2 Å². The second-order valence-corrected chi connectivity index (χ2v) is 9.70. The number of carbonyl (C=O) groups is 3. The number of fused-ring (bicyclic) bond motifs is 1. The van der Waals surface area contributed by atoms with E-state index < -0.39 is 17.9 Å². The summed E-state index contributed by atoms with van der Waals surface area (Å²) in [5.74, 6) is -0.850. The van der Waals surface area contributed by atoms with Crippen LogP contribution in [0.3, 0.4) is 0 Å². The molecule has 0 saturated heterocycles. The van der Waals surface area contributed by atoms with Gasteiger partial charge in [0.2, 0.25) is 11.8 Å². The highest BCUT2D eigenvalue weighted by atomic mass is 35.5. The molecule has 12 nitrogen and oxygen atoms in total. The number of nitrogens with zero attached hydrogens (tertiary/aromatic N) is 8. The number of rotatable bonds is 11. The van der Waals surface area contributed by atoms with E-state index in [1.807, 2.05) is 36.4 Å². The lowest BCUT2D eigenvalue weighted by atomic mass is 10.0. The Labute approximate surface area is 240 Å². The van der Waals surface area contributed by atoms with E-state index in [0.29, 0.717) is 28.4 Å². The summed E-state index contributed by atoms with van der Waals surface area (Å²) < 4.78 is 3.13. The van der Waals surface area contributed by atoms with Crippen molar-refractivity contribution in [3.63, 3.8) is 0 Å². The summed E-state index contributed by atoms with van der Waals surface area (Å²) in [6.07, 6.45) is 5.65. The quantitative estimate of drug-likeness (QED) is 0.239. The number of aromatic nitrogens is 6. The van der Waals surface area contributed by atoms with Gasteiger partial charge in [-0.1, -0.05) is 41.9 Å². The standard InChI is InChI=1S/C28H26ClN9O3/c1-35(25-16-21(29)7-8-24(25)38-19-30-33-34-38)18-27(40)36(13-14-39)26(15-20-5-3-2-4-6-20)28(41)32-22-10-12-37-23(17-22)9-11-31-37/h2-12,14,16-17,19,26H,13,15,18H2,1H3,(H,32,41). The minimum absolute atomic E-state index is 0.149. The number of carbonyl (C=O) groups excluding carboxylic acids is 3. The molecule has 0 saturated carbocycles. The predicted molar refractivity (Wildman–Crippen MR) is 153 cm³/mol. The number of amides is 2. The Bertz CT molecular complexity index is 1660. The number of benzene rings is 2. The maximum atomic E-state index is 13.8. The first-order valence-corrected chi connectivity index (χ1v) is 13.1. The molecule has 0 fully saturated rings. The van der Waals surface area contributed by atoms with Crippen molar-refractivity contribution in [3.8, 4) is 5.69 Å². The molecule has 5 rings (SSSR count). The molecule has 0 aliphatic heterocycles. The molecule has 2 amide bonds. The van der Waals surface area contributed by atoms with Gasteiger partial charge >= 0.3 is 0 Å². The molecule has 3 aromatic heterocycles. The van der Waals surface area contributed by atoms with Crippen molar-refractivity contribution in [1.82, 2.24) is 34.7 Å². The first kappa shape index (κ1) is 27.5. The van der Waals surface area contributed by atoms with Crippen LogP contribution in [0.5, 0.6) is 0 Å². The molecule has 2 aromatic carbocycles. The van der Waals surface area contributed by atoms with Crippen molar-refractivity contribution >= 4 is 46.6 Å². The van der Waals surface area contributed by atoms with Gasteiger partial charge in [-0.25, -0.2) is 4.52 Å². The number of aldehydes is 1. The van der Waals surface area contributed by atoms with Gasteiger partial charge in [0.05, 0.1) is 30.0 Å². The number of pyridine rings is 1. The smallest absolute Gasteiger partial charge is 0.247 e. The number of nitrogens with one attached hydrogen (secondary N) is 1. The molecule has 0 aliphatic carbocycles.